The Morgan fingerprint density at radius 1 is 1.13 bits per heavy atom. The van der Waals surface area contributed by atoms with E-state index in [0.29, 0.717) is 12.2 Å². The second kappa shape index (κ2) is 8.98. The summed E-state index contributed by atoms with van der Waals surface area (Å²) in [4.78, 5) is 24.6. The van der Waals surface area contributed by atoms with E-state index in [1.165, 1.54) is 11.3 Å². The second-order valence-corrected chi connectivity index (χ2v) is 8.28. The lowest BCUT2D eigenvalue weighted by Crippen LogP contribution is -2.46. The molecule has 5 rings (SSSR count). The van der Waals surface area contributed by atoms with Gasteiger partial charge in [-0.25, -0.2) is 4.98 Å². The number of para-hydroxylation sites is 1. The first-order valence-electron chi connectivity index (χ1n) is 11.2. The van der Waals surface area contributed by atoms with E-state index in [1.54, 1.807) is 6.20 Å². The average Bonchev–Trinajstić information content (AvgIpc) is 3.46. The van der Waals surface area contributed by atoms with Crippen LogP contribution in [0.1, 0.15) is 28.9 Å². The molecule has 7 heteroatoms. The molecule has 31 heavy (non-hydrogen) atoms. The molecule has 1 aromatic carbocycles. The third kappa shape index (κ3) is 4.37. The number of nitrogens with one attached hydrogen (secondary N) is 2. The number of nitrogens with zero attached hydrogens (tertiary/aromatic N) is 3. The number of rotatable bonds is 7. The Labute approximate surface area is 182 Å². The molecule has 2 aliphatic heterocycles. The lowest BCUT2D eigenvalue weighted by molar-refractivity contribution is 0.0948. The molecule has 0 atom stereocenters. The van der Waals surface area contributed by atoms with Crippen molar-refractivity contribution in [3.05, 3.63) is 53.9 Å². The Morgan fingerprint density at radius 3 is 2.90 bits per heavy atom. The number of carbonyl (C=O) groups excluding carboxylic acids is 1. The number of benzene rings is 1. The molecule has 1 saturated heterocycles. The van der Waals surface area contributed by atoms with Crippen LogP contribution in [0.4, 0.5) is 5.69 Å². The van der Waals surface area contributed by atoms with E-state index in [0.717, 1.165) is 75.4 Å². The number of hydrogen-bond donors (Lipinski definition) is 2. The average molecular weight is 420 g/mol. The van der Waals surface area contributed by atoms with Gasteiger partial charge in [0.1, 0.15) is 17.1 Å². The quantitative estimate of drug-likeness (QED) is 0.576. The highest BCUT2D eigenvalue weighted by atomic mass is 16.5. The maximum Gasteiger partial charge on any atom is 0.267 e. The summed E-state index contributed by atoms with van der Waals surface area (Å²) in [6.07, 6.45) is 4.81. The lowest BCUT2D eigenvalue weighted by atomic mass is 10.1. The number of fused-ring (bicyclic) bond motifs is 2. The number of amides is 1. The molecule has 7 nitrogen and oxygen atoms in total. The van der Waals surface area contributed by atoms with Crippen LogP contribution in [0.2, 0.25) is 0 Å². The molecule has 162 valence electrons. The lowest BCUT2D eigenvalue weighted by Gasteiger charge is -2.36. The van der Waals surface area contributed by atoms with Gasteiger partial charge >= 0.3 is 0 Å². The van der Waals surface area contributed by atoms with Crippen molar-refractivity contribution in [2.24, 2.45) is 0 Å². The van der Waals surface area contributed by atoms with Crippen molar-refractivity contribution in [2.45, 2.75) is 19.3 Å². The van der Waals surface area contributed by atoms with Crippen LogP contribution in [0.3, 0.4) is 0 Å². The van der Waals surface area contributed by atoms with E-state index < -0.39 is 0 Å². The van der Waals surface area contributed by atoms with E-state index in [9.17, 15) is 4.79 Å². The van der Waals surface area contributed by atoms with E-state index in [-0.39, 0.29) is 5.91 Å². The normalized spacial score (nSPS) is 16.3. The summed E-state index contributed by atoms with van der Waals surface area (Å²) in [5.41, 5.74) is 3.91. The van der Waals surface area contributed by atoms with Crippen LogP contribution >= 0.6 is 0 Å². The number of aromatic nitrogens is 2. The Morgan fingerprint density at radius 2 is 2.03 bits per heavy atom. The summed E-state index contributed by atoms with van der Waals surface area (Å²) >= 11 is 0. The zero-order valence-electron chi connectivity index (χ0n) is 17.8. The van der Waals surface area contributed by atoms with Crippen molar-refractivity contribution in [2.75, 3.05) is 50.8 Å². The number of piperazine rings is 1. The Bertz CT molecular complexity index is 1020. The van der Waals surface area contributed by atoms with Gasteiger partial charge in [0.2, 0.25) is 0 Å². The molecule has 0 radical (unpaired) electrons. The fourth-order valence-electron chi connectivity index (χ4n) is 4.50. The van der Waals surface area contributed by atoms with E-state index in [4.69, 9.17) is 4.74 Å². The van der Waals surface area contributed by atoms with Gasteiger partial charge in [0.15, 0.2) is 0 Å². The standard InChI is InChI=1S/C24H29N5O2/c30-24(20-17-19-6-4-10-25-23(19)27-20)26-9-1-2-11-28-12-14-29(15-13-28)21-7-3-5-18-8-16-31-22(18)21/h3-7,10,17H,1-2,8-9,11-16H2,(H,25,27)(H,26,30). The largest absolute Gasteiger partial charge is 0.491 e. The van der Waals surface area contributed by atoms with E-state index >= 15 is 0 Å². The summed E-state index contributed by atoms with van der Waals surface area (Å²) in [7, 11) is 0. The molecule has 2 aliphatic rings. The van der Waals surface area contributed by atoms with Crippen LogP contribution in [-0.2, 0) is 6.42 Å². The van der Waals surface area contributed by atoms with Crippen LogP contribution < -0.4 is 15.0 Å². The van der Waals surface area contributed by atoms with Gasteiger partial charge in [0.05, 0.1) is 12.3 Å². The zero-order valence-corrected chi connectivity index (χ0v) is 17.8. The first-order chi connectivity index (χ1) is 15.3. The second-order valence-electron chi connectivity index (χ2n) is 8.28. The van der Waals surface area contributed by atoms with Gasteiger partial charge in [0.25, 0.3) is 5.91 Å². The Balaban J connectivity index is 1.02. The van der Waals surface area contributed by atoms with Crippen molar-refractivity contribution >= 4 is 22.6 Å². The molecule has 0 aliphatic carbocycles. The Kier molecular flexibility index (Phi) is 5.76. The molecular weight excluding hydrogens is 390 g/mol. The molecule has 2 N–H and O–H groups in total. The minimum Gasteiger partial charge on any atom is -0.491 e. The summed E-state index contributed by atoms with van der Waals surface area (Å²) < 4.78 is 5.87. The third-order valence-corrected chi connectivity index (χ3v) is 6.23. The van der Waals surface area contributed by atoms with Gasteiger partial charge in [-0.2, -0.15) is 0 Å². The number of pyridine rings is 1. The van der Waals surface area contributed by atoms with Crippen LogP contribution in [0.5, 0.6) is 5.75 Å². The molecule has 3 aromatic rings. The highest BCUT2D eigenvalue weighted by Gasteiger charge is 2.23. The molecule has 1 amide bonds. The molecule has 2 aromatic heterocycles. The highest BCUT2D eigenvalue weighted by Crippen LogP contribution is 2.36. The van der Waals surface area contributed by atoms with Gasteiger partial charge in [-0.15, -0.1) is 0 Å². The zero-order chi connectivity index (χ0) is 21.0. The van der Waals surface area contributed by atoms with Crippen LogP contribution in [0, 0.1) is 0 Å². The molecule has 0 saturated carbocycles. The first kappa shape index (κ1) is 19.9. The maximum absolute atomic E-state index is 12.3. The van der Waals surface area contributed by atoms with Crippen molar-refractivity contribution in [3.63, 3.8) is 0 Å². The van der Waals surface area contributed by atoms with Crippen LogP contribution in [-0.4, -0.2) is 66.7 Å². The summed E-state index contributed by atoms with van der Waals surface area (Å²) in [5, 5.41) is 3.97. The van der Waals surface area contributed by atoms with Crippen molar-refractivity contribution in [3.8, 4) is 5.75 Å². The fraction of sp³-hybridized carbons (Fsp3) is 0.417. The molecule has 1 fully saturated rings. The molecule has 4 heterocycles. The molecule has 0 bridgehead atoms. The number of H-pyrrole nitrogens is 1. The maximum atomic E-state index is 12.3. The van der Waals surface area contributed by atoms with E-state index in [1.807, 2.05) is 18.2 Å². The molecular formula is C24H29N5O2. The van der Waals surface area contributed by atoms with Gasteiger partial charge < -0.3 is 19.9 Å². The smallest absolute Gasteiger partial charge is 0.267 e. The van der Waals surface area contributed by atoms with Crippen LogP contribution in [0.15, 0.2) is 42.6 Å². The van der Waals surface area contributed by atoms with Gasteiger partial charge in [-0.3, -0.25) is 9.69 Å². The SMILES string of the molecule is O=C(NCCCCN1CCN(c2cccc3c2OCC3)CC1)c1cc2cccnc2[nH]1. The van der Waals surface area contributed by atoms with Gasteiger partial charge in [-0.1, -0.05) is 12.1 Å². The van der Waals surface area contributed by atoms with Crippen LogP contribution in [0.25, 0.3) is 11.0 Å². The number of hydrogen-bond acceptors (Lipinski definition) is 5. The van der Waals surface area contributed by atoms with Gasteiger partial charge in [-0.05, 0) is 49.2 Å². The number of ether oxygens (including phenoxy) is 1. The predicted molar refractivity (Wildman–Crippen MR) is 122 cm³/mol. The topological polar surface area (TPSA) is 73.5 Å². The van der Waals surface area contributed by atoms with E-state index in [2.05, 4.69) is 43.3 Å². The van der Waals surface area contributed by atoms with Crippen molar-refractivity contribution in [1.29, 1.82) is 0 Å². The Hall–Kier alpha value is -3.06. The number of carbonyl (C=O) groups is 1. The predicted octanol–water partition coefficient (Wildman–Crippen LogP) is 2.83. The van der Waals surface area contributed by atoms with Crippen molar-refractivity contribution in [1.82, 2.24) is 20.2 Å². The number of unbranched alkanes of at least 4 members (excludes halogenated alkanes) is 1. The number of anilines is 1. The first-order valence-corrected chi connectivity index (χ1v) is 11.2. The minimum atomic E-state index is -0.0655. The monoisotopic (exact) mass is 419 g/mol. The van der Waals surface area contributed by atoms with Gasteiger partial charge in [0, 0.05) is 50.7 Å². The fourth-order valence-corrected chi connectivity index (χ4v) is 4.50. The summed E-state index contributed by atoms with van der Waals surface area (Å²) in [6, 6.07) is 12.2. The van der Waals surface area contributed by atoms with Crippen molar-refractivity contribution < 1.29 is 9.53 Å². The highest BCUT2D eigenvalue weighted by molar-refractivity contribution is 5.97. The number of aromatic amines is 1. The summed E-state index contributed by atoms with van der Waals surface area (Å²) in [5.74, 6) is 1.03. The minimum absolute atomic E-state index is 0.0655. The molecule has 0 spiro atoms. The molecule has 0 unspecified atom stereocenters. The summed E-state index contributed by atoms with van der Waals surface area (Å²) in [6.45, 7) is 6.77. The third-order valence-electron chi connectivity index (χ3n) is 6.23.